The van der Waals surface area contributed by atoms with Crippen molar-refractivity contribution in [3.05, 3.63) is 95.1 Å². The molecule has 4 nitrogen and oxygen atoms in total. The molecule has 1 heterocycles. The number of hydrogen-bond donors (Lipinski definition) is 0. The number of halogens is 1. The van der Waals surface area contributed by atoms with Crippen molar-refractivity contribution in [2.75, 3.05) is 11.2 Å². The summed E-state index contributed by atoms with van der Waals surface area (Å²) in [5, 5.41) is 0.527. The van der Waals surface area contributed by atoms with E-state index in [0.717, 1.165) is 10.5 Å². The number of aliphatic imine (C=N–C) groups is 1. The van der Waals surface area contributed by atoms with Gasteiger partial charge in [-0.3, -0.25) is 4.79 Å². The Balaban J connectivity index is 1.72. The monoisotopic (exact) mass is 420 g/mol. The van der Waals surface area contributed by atoms with Gasteiger partial charge in [-0.25, -0.2) is 4.90 Å². The molecular weight excluding hydrogens is 404 g/mol. The van der Waals surface area contributed by atoms with Gasteiger partial charge in [0.25, 0.3) is 5.91 Å². The van der Waals surface area contributed by atoms with E-state index in [-0.39, 0.29) is 11.9 Å². The Bertz CT molecular complexity index is 1100. The molecule has 6 heteroatoms. The molecule has 0 saturated carbocycles. The van der Waals surface area contributed by atoms with Crippen LogP contribution in [0, 0.1) is 0 Å². The highest BCUT2D eigenvalue weighted by molar-refractivity contribution is 7.98. The zero-order valence-corrected chi connectivity index (χ0v) is 17.2. The minimum Gasteiger partial charge on any atom is -0.425 e. The normalized spacial score (nSPS) is 15.0. The predicted octanol–water partition coefficient (Wildman–Crippen LogP) is 5.88. The molecule has 0 unspecified atom stereocenters. The minimum absolute atomic E-state index is 0.191. The molecule has 0 fully saturated rings. The van der Waals surface area contributed by atoms with Crippen molar-refractivity contribution in [1.29, 1.82) is 0 Å². The first kappa shape index (κ1) is 19.3. The molecule has 29 heavy (non-hydrogen) atoms. The number of nitrogens with zero attached hydrogens (tertiary/aromatic N) is 2. The number of anilines is 1. The number of carbonyl (C=O) groups excluding carboxylic acids is 1. The average Bonchev–Trinajstić information content (AvgIpc) is 3.04. The van der Waals surface area contributed by atoms with Crippen LogP contribution < -0.4 is 9.64 Å². The van der Waals surface area contributed by atoms with Gasteiger partial charge in [0, 0.05) is 9.92 Å². The Kier molecular flexibility index (Phi) is 5.69. The van der Waals surface area contributed by atoms with Gasteiger partial charge in [-0.05, 0) is 60.4 Å². The smallest absolute Gasteiger partial charge is 0.310 e. The van der Waals surface area contributed by atoms with Crippen LogP contribution in [0.25, 0.3) is 6.08 Å². The number of amides is 1. The van der Waals surface area contributed by atoms with Crippen molar-refractivity contribution in [1.82, 2.24) is 0 Å². The van der Waals surface area contributed by atoms with Crippen LogP contribution in [0.15, 0.2) is 94.4 Å². The number of amidine groups is 1. The lowest BCUT2D eigenvalue weighted by molar-refractivity contribution is -0.113. The predicted molar refractivity (Wildman–Crippen MR) is 120 cm³/mol. The third-order valence-electron chi connectivity index (χ3n) is 4.27. The summed E-state index contributed by atoms with van der Waals surface area (Å²) in [4.78, 5) is 20.2. The average molecular weight is 421 g/mol. The molecule has 0 saturated heterocycles. The van der Waals surface area contributed by atoms with Crippen molar-refractivity contribution >= 4 is 47.1 Å². The second-order valence-electron chi connectivity index (χ2n) is 6.23. The van der Waals surface area contributed by atoms with E-state index < -0.39 is 0 Å². The maximum Gasteiger partial charge on any atom is 0.310 e. The number of thioether (sulfide) groups is 1. The van der Waals surface area contributed by atoms with Gasteiger partial charge in [-0.15, -0.1) is 11.8 Å². The van der Waals surface area contributed by atoms with Gasteiger partial charge in [-0.2, -0.15) is 4.99 Å². The van der Waals surface area contributed by atoms with E-state index in [1.165, 1.54) is 4.90 Å². The van der Waals surface area contributed by atoms with Gasteiger partial charge in [0.05, 0.1) is 5.69 Å². The molecule has 144 valence electrons. The fourth-order valence-electron chi connectivity index (χ4n) is 2.86. The molecule has 4 rings (SSSR count). The van der Waals surface area contributed by atoms with Gasteiger partial charge < -0.3 is 4.74 Å². The van der Waals surface area contributed by atoms with Crippen LogP contribution >= 0.6 is 23.4 Å². The Morgan fingerprint density at radius 2 is 1.76 bits per heavy atom. The molecule has 0 N–H and O–H groups in total. The lowest BCUT2D eigenvalue weighted by atomic mass is 10.2. The summed E-state index contributed by atoms with van der Waals surface area (Å²) >= 11 is 7.79. The molecule has 0 bridgehead atoms. The molecule has 3 aromatic rings. The van der Waals surface area contributed by atoms with Crippen molar-refractivity contribution < 1.29 is 9.53 Å². The maximum absolute atomic E-state index is 13.1. The highest BCUT2D eigenvalue weighted by Gasteiger charge is 2.33. The van der Waals surface area contributed by atoms with E-state index in [0.29, 0.717) is 22.2 Å². The second kappa shape index (κ2) is 8.55. The lowest BCUT2D eigenvalue weighted by Gasteiger charge is -2.18. The quantitative estimate of drug-likeness (QED) is 0.390. The Morgan fingerprint density at radius 3 is 2.45 bits per heavy atom. The number of carbonyl (C=O) groups is 1. The van der Waals surface area contributed by atoms with E-state index in [1.807, 2.05) is 60.9 Å². The number of ether oxygens (including phenoxy) is 1. The van der Waals surface area contributed by atoms with Gasteiger partial charge in [0.15, 0.2) is 0 Å². The summed E-state index contributed by atoms with van der Waals surface area (Å²) in [5.41, 5.74) is 1.78. The van der Waals surface area contributed by atoms with Crippen molar-refractivity contribution in [3.63, 3.8) is 0 Å². The third kappa shape index (κ3) is 4.36. The fraction of sp³-hybridized carbons (Fsp3) is 0.0435. The van der Waals surface area contributed by atoms with Crippen LogP contribution in [-0.4, -0.2) is 18.2 Å². The SMILES string of the molecule is CSc1ccc(OC2=N/C(=C\c3ccccc3)C(=O)N2c2cccc(Cl)c2)cc1. The molecule has 0 atom stereocenters. The summed E-state index contributed by atoms with van der Waals surface area (Å²) in [6.07, 6.45) is 3.75. The first-order chi connectivity index (χ1) is 14.1. The first-order valence-electron chi connectivity index (χ1n) is 8.91. The van der Waals surface area contributed by atoms with Crippen molar-refractivity contribution in [3.8, 4) is 5.75 Å². The number of benzene rings is 3. The molecule has 1 amide bonds. The maximum atomic E-state index is 13.1. The fourth-order valence-corrected chi connectivity index (χ4v) is 3.46. The minimum atomic E-state index is -0.271. The van der Waals surface area contributed by atoms with E-state index in [4.69, 9.17) is 16.3 Å². The Hall–Kier alpha value is -3.02. The molecular formula is C23H17ClN2O2S. The Morgan fingerprint density at radius 1 is 1.00 bits per heavy atom. The largest absolute Gasteiger partial charge is 0.425 e. The Labute approximate surface area is 178 Å². The zero-order chi connectivity index (χ0) is 20.2. The lowest BCUT2D eigenvalue weighted by Crippen LogP contribution is -2.35. The topological polar surface area (TPSA) is 41.9 Å². The van der Waals surface area contributed by atoms with Gasteiger partial charge in [0.1, 0.15) is 11.4 Å². The van der Waals surface area contributed by atoms with Crippen LogP contribution in [0.4, 0.5) is 5.69 Å². The van der Waals surface area contributed by atoms with Gasteiger partial charge >= 0.3 is 6.02 Å². The standard InChI is InChI=1S/C23H17ClN2O2S/c1-29-20-12-10-19(11-13-20)28-23-25-21(14-16-6-3-2-4-7-16)22(27)26(23)18-9-5-8-17(24)15-18/h2-15H,1H3/b21-14-. The van der Waals surface area contributed by atoms with Crippen molar-refractivity contribution in [2.24, 2.45) is 4.99 Å². The summed E-state index contributed by atoms with van der Waals surface area (Å²) in [7, 11) is 0. The van der Waals surface area contributed by atoms with E-state index in [9.17, 15) is 4.79 Å². The number of rotatable bonds is 4. The van der Waals surface area contributed by atoms with E-state index in [2.05, 4.69) is 4.99 Å². The van der Waals surface area contributed by atoms with Crippen LogP contribution in [0.1, 0.15) is 5.56 Å². The van der Waals surface area contributed by atoms with Gasteiger partial charge in [-0.1, -0.05) is 48.0 Å². The van der Waals surface area contributed by atoms with Crippen LogP contribution in [0.3, 0.4) is 0 Å². The highest BCUT2D eigenvalue weighted by atomic mass is 35.5. The van der Waals surface area contributed by atoms with E-state index in [1.54, 1.807) is 42.1 Å². The van der Waals surface area contributed by atoms with Gasteiger partial charge in [0.2, 0.25) is 0 Å². The molecule has 1 aliphatic rings. The first-order valence-corrected chi connectivity index (χ1v) is 10.5. The molecule has 0 aliphatic carbocycles. The molecule has 1 aliphatic heterocycles. The third-order valence-corrected chi connectivity index (χ3v) is 5.25. The summed E-state index contributed by atoms with van der Waals surface area (Å²) < 4.78 is 5.98. The molecule has 0 spiro atoms. The highest BCUT2D eigenvalue weighted by Crippen LogP contribution is 2.29. The number of hydrogen-bond acceptors (Lipinski definition) is 4. The van der Waals surface area contributed by atoms with Crippen LogP contribution in [0.2, 0.25) is 5.02 Å². The molecule has 0 aromatic heterocycles. The summed E-state index contributed by atoms with van der Waals surface area (Å²) in [5.74, 6) is 0.328. The van der Waals surface area contributed by atoms with E-state index >= 15 is 0 Å². The zero-order valence-electron chi connectivity index (χ0n) is 15.6. The summed E-state index contributed by atoms with van der Waals surface area (Å²) in [6, 6.07) is 24.4. The van der Waals surface area contributed by atoms with Crippen LogP contribution in [-0.2, 0) is 4.79 Å². The van der Waals surface area contributed by atoms with Crippen molar-refractivity contribution in [2.45, 2.75) is 4.90 Å². The molecule has 0 radical (unpaired) electrons. The van der Waals surface area contributed by atoms with Crippen LogP contribution in [0.5, 0.6) is 5.75 Å². The second-order valence-corrected chi connectivity index (χ2v) is 7.55. The summed E-state index contributed by atoms with van der Waals surface area (Å²) in [6.45, 7) is 0. The molecule has 3 aromatic carbocycles.